The molecule has 0 radical (unpaired) electrons. The van der Waals surface area contributed by atoms with Crippen LogP contribution in [0.15, 0.2) is 11.8 Å². The van der Waals surface area contributed by atoms with Gasteiger partial charge in [-0.1, -0.05) is 6.58 Å². The first-order chi connectivity index (χ1) is 9.90. The number of carbonyl (C=O) groups is 1. The zero-order valence-electron chi connectivity index (χ0n) is 13.2. The Morgan fingerprint density at radius 1 is 1.24 bits per heavy atom. The van der Waals surface area contributed by atoms with E-state index in [4.69, 9.17) is 22.8 Å². The smallest absolute Gasteiger partial charge is 0.460 e. The maximum atomic E-state index is 11.2. The first-order valence-corrected chi connectivity index (χ1v) is 9.58. The monoisotopic (exact) mass is 338 g/mol. The van der Waals surface area contributed by atoms with E-state index in [2.05, 4.69) is 6.58 Å². The maximum absolute atomic E-state index is 11.2. The number of esters is 1. The zero-order chi connectivity index (χ0) is 16.3. The fourth-order valence-electron chi connectivity index (χ4n) is 1.51. The quantitative estimate of drug-likeness (QED) is 0.213. The van der Waals surface area contributed by atoms with E-state index < -0.39 is 20.9 Å². The largest absolute Gasteiger partial charge is 0.500 e. The normalized spacial score (nSPS) is 13.1. The number of hydrogen-bond donors (Lipinski definition) is 1. The highest BCUT2D eigenvalue weighted by Gasteiger charge is 2.36. The van der Waals surface area contributed by atoms with Crippen LogP contribution in [0.1, 0.15) is 6.42 Å². The Kier molecular flexibility index (Phi) is 10.8. The Balaban J connectivity index is 3.75. The number of rotatable bonds is 12. The summed E-state index contributed by atoms with van der Waals surface area (Å²) in [4.78, 5) is 11.2. The van der Waals surface area contributed by atoms with Crippen molar-refractivity contribution in [3.63, 3.8) is 0 Å². The van der Waals surface area contributed by atoms with Gasteiger partial charge in [-0.3, -0.25) is 0 Å². The molecule has 0 saturated carbocycles. The van der Waals surface area contributed by atoms with Crippen molar-refractivity contribution in [3.8, 4) is 0 Å². The summed E-state index contributed by atoms with van der Waals surface area (Å²) in [6.07, 6.45) is -0.157. The summed E-state index contributed by atoms with van der Waals surface area (Å²) in [5.41, 5.74) is 0. The lowest BCUT2D eigenvalue weighted by Gasteiger charge is -2.24. The predicted molar refractivity (Wildman–Crippen MR) is 83.1 cm³/mol. The lowest BCUT2D eigenvalue weighted by atomic mass is 10.4. The molecule has 0 aliphatic carbocycles. The van der Waals surface area contributed by atoms with Crippen molar-refractivity contribution >= 4 is 25.0 Å². The summed E-state index contributed by atoms with van der Waals surface area (Å²) in [6.45, 7) is 3.95. The van der Waals surface area contributed by atoms with E-state index in [9.17, 15) is 9.90 Å². The Hall–Kier alpha value is -0.556. The van der Waals surface area contributed by atoms with Crippen LogP contribution < -0.4 is 0 Å². The van der Waals surface area contributed by atoms with Gasteiger partial charge in [-0.2, -0.15) is 0 Å². The highest BCUT2D eigenvalue weighted by Crippen LogP contribution is 2.14. The van der Waals surface area contributed by atoms with Crippen LogP contribution in [-0.2, 0) is 27.5 Å². The Morgan fingerprint density at radius 3 is 2.29 bits per heavy atom. The second kappa shape index (κ2) is 11.1. The average molecular weight is 339 g/mol. The summed E-state index contributed by atoms with van der Waals surface area (Å²) in [6, 6.07) is 0.627. The van der Waals surface area contributed by atoms with Crippen LogP contribution in [0.4, 0.5) is 0 Å². The average Bonchev–Trinajstić information content (AvgIpc) is 2.49. The molecule has 0 saturated heterocycles. The molecule has 0 bridgehead atoms. The molecule has 0 aromatic heterocycles. The molecule has 0 spiro atoms. The molecule has 7 nitrogen and oxygen atoms in total. The van der Waals surface area contributed by atoms with Crippen LogP contribution in [0.5, 0.6) is 0 Å². The van der Waals surface area contributed by atoms with Gasteiger partial charge in [0.15, 0.2) is 0 Å². The molecule has 0 aromatic carbocycles. The van der Waals surface area contributed by atoms with Crippen molar-refractivity contribution in [2.45, 2.75) is 18.6 Å². The summed E-state index contributed by atoms with van der Waals surface area (Å²) in [5.74, 6) is -0.461. The Morgan fingerprint density at radius 2 is 1.81 bits per heavy atom. The minimum atomic E-state index is -2.55. The highest BCUT2D eigenvalue weighted by molar-refractivity contribution is 6.60. The molecular weight excluding hydrogens is 312 g/mol. The molecule has 0 heterocycles. The van der Waals surface area contributed by atoms with Gasteiger partial charge in [-0.15, -0.1) is 0 Å². The van der Waals surface area contributed by atoms with Crippen LogP contribution in [0, 0.1) is 0 Å². The summed E-state index contributed by atoms with van der Waals surface area (Å²) in [5, 5.41) is 10.0. The first kappa shape index (κ1) is 20.4. The fraction of sp³-hybridized carbons (Fsp3) is 0.750. The van der Waals surface area contributed by atoms with Gasteiger partial charge in [0.2, 0.25) is 0 Å². The van der Waals surface area contributed by atoms with Crippen LogP contribution in [0.3, 0.4) is 0 Å². The number of ether oxygens (including phenoxy) is 2. The van der Waals surface area contributed by atoms with Gasteiger partial charge in [-0.05, 0) is 6.42 Å². The molecule has 0 aromatic rings. The van der Waals surface area contributed by atoms with Crippen LogP contribution in [0.25, 0.3) is 0 Å². The summed E-state index contributed by atoms with van der Waals surface area (Å²) in [7, 11) is 2.67. The van der Waals surface area contributed by atoms with Gasteiger partial charge in [0.1, 0.15) is 12.7 Å². The van der Waals surface area contributed by atoms with E-state index in [1.165, 1.54) is 0 Å². The molecule has 0 aliphatic heterocycles. The molecule has 124 valence electrons. The van der Waals surface area contributed by atoms with Crippen molar-refractivity contribution < 1.29 is 32.7 Å². The van der Waals surface area contributed by atoms with Crippen molar-refractivity contribution in [3.05, 3.63) is 11.8 Å². The maximum Gasteiger partial charge on any atom is 0.500 e. The zero-order valence-corrected chi connectivity index (χ0v) is 16.2. The Bertz CT molecular complexity index is 312. The molecule has 0 rings (SSSR count). The van der Waals surface area contributed by atoms with Gasteiger partial charge < -0.3 is 27.9 Å². The topological polar surface area (TPSA) is 83.5 Å². The third kappa shape index (κ3) is 8.46. The second-order valence-corrected chi connectivity index (χ2v) is 8.80. The molecule has 1 unspecified atom stereocenters. The van der Waals surface area contributed by atoms with Gasteiger partial charge in [0.05, 0.1) is 6.61 Å². The molecule has 0 fully saturated rings. The fourth-order valence-corrected chi connectivity index (χ4v) is 3.34. The van der Waals surface area contributed by atoms with Crippen molar-refractivity contribution in [2.75, 3.05) is 41.2 Å². The third-order valence-corrected chi connectivity index (χ3v) is 6.01. The molecule has 1 atom stereocenters. The van der Waals surface area contributed by atoms with E-state index in [1.54, 1.807) is 21.3 Å². The molecular formula is C12H26O7Si2. The summed E-state index contributed by atoms with van der Waals surface area (Å²) < 4.78 is 26.0. The van der Waals surface area contributed by atoms with E-state index in [1.807, 2.05) is 0 Å². The first-order valence-electron chi connectivity index (χ1n) is 6.64. The minimum absolute atomic E-state index is 0.0903. The lowest BCUT2D eigenvalue weighted by Crippen LogP contribution is -2.42. The van der Waals surface area contributed by atoms with Gasteiger partial charge >= 0.3 is 14.8 Å². The molecule has 9 heteroatoms. The van der Waals surface area contributed by atoms with Crippen LogP contribution in [-0.4, -0.2) is 77.4 Å². The van der Waals surface area contributed by atoms with Crippen molar-refractivity contribution in [1.29, 1.82) is 0 Å². The number of aliphatic hydroxyl groups is 1. The second-order valence-electron chi connectivity index (χ2n) is 4.51. The van der Waals surface area contributed by atoms with Crippen molar-refractivity contribution in [1.82, 2.24) is 0 Å². The number of carbonyl (C=O) groups excluding carboxylic acids is 1. The Labute approximate surface area is 130 Å². The van der Waals surface area contributed by atoms with E-state index >= 15 is 0 Å². The van der Waals surface area contributed by atoms with E-state index in [0.717, 1.165) is 0 Å². The number of hydrogen-bond acceptors (Lipinski definition) is 7. The summed E-state index contributed by atoms with van der Waals surface area (Å²) >= 11 is 0. The van der Waals surface area contributed by atoms with Crippen molar-refractivity contribution in [2.24, 2.45) is 0 Å². The molecule has 0 amide bonds. The van der Waals surface area contributed by atoms with Gasteiger partial charge in [0, 0.05) is 49.4 Å². The third-order valence-electron chi connectivity index (χ3n) is 2.77. The van der Waals surface area contributed by atoms with Gasteiger partial charge in [0.25, 0.3) is 0 Å². The standard InChI is InChI=1S/C12H26O7Si2/c1-10(20)12(14)19-9-11(13)8-18-6-5-7-21(15-2,16-3)17-4/h11,13H,1,5-9H2,2-4,20H3. The molecule has 1 N–H and O–H groups in total. The van der Waals surface area contributed by atoms with E-state index in [-0.39, 0.29) is 13.2 Å². The highest BCUT2D eigenvalue weighted by atomic mass is 28.4. The SMILES string of the molecule is C=C([SiH3])C(=O)OCC(O)COCCC[Si](OC)(OC)OC. The molecule has 0 aliphatic rings. The van der Waals surface area contributed by atoms with Crippen LogP contribution >= 0.6 is 0 Å². The number of aliphatic hydroxyl groups excluding tert-OH is 1. The minimum Gasteiger partial charge on any atom is -0.460 e. The van der Waals surface area contributed by atoms with E-state index in [0.29, 0.717) is 34.5 Å². The van der Waals surface area contributed by atoms with Gasteiger partial charge in [-0.25, -0.2) is 4.79 Å². The lowest BCUT2D eigenvalue weighted by molar-refractivity contribution is -0.142. The van der Waals surface area contributed by atoms with Crippen LogP contribution in [0.2, 0.25) is 6.04 Å². The molecule has 21 heavy (non-hydrogen) atoms. The predicted octanol–water partition coefficient (Wildman–Crippen LogP) is -0.946.